The lowest BCUT2D eigenvalue weighted by molar-refractivity contribution is 0.0424. The topological polar surface area (TPSA) is 68.2 Å². The van der Waals surface area contributed by atoms with Crippen LogP contribution in [-0.4, -0.2) is 36.1 Å². The highest BCUT2D eigenvalue weighted by molar-refractivity contribution is 5.50. The fraction of sp³-hybridized carbons (Fsp3) is 0.474. The first kappa shape index (κ1) is 18.2. The van der Waals surface area contributed by atoms with E-state index in [1.165, 1.54) is 6.26 Å². The van der Waals surface area contributed by atoms with Gasteiger partial charge in [0.25, 0.3) is 0 Å². The fourth-order valence-corrected chi connectivity index (χ4v) is 2.59. The zero-order chi connectivity index (χ0) is 17.4. The molecule has 0 amide bonds. The summed E-state index contributed by atoms with van der Waals surface area (Å²) in [6.07, 6.45) is 6.72. The molecule has 1 aliphatic rings. The normalized spacial score (nSPS) is 15.8. The van der Waals surface area contributed by atoms with Crippen molar-refractivity contribution in [1.29, 1.82) is 0 Å². The molecule has 0 aromatic heterocycles. The van der Waals surface area contributed by atoms with E-state index in [0.29, 0.717) is 19.8 Å². The van der Waals surface area contributed by atoms with Crippen LogP contribution < -0.4 is 4.74 Å². The predicted octanol–water partition coefficient (Wildman–Crippen LogP) is 3.66. The largest absolute Gasteiger partial charge is 0.512 e. The first-order chi connectivity index (χ1) is 11.6. The van der Waals surface area contributed by atoms with Gasteiger partial charge in [-0.25, -0.2) is 0 Å². The summed E-state index contributed by atoms with van der Waals surface area (Å²) in [6, 6.07) is 3.39. The number of hydrogen-bond donors (Lipinski definition) is 2. The molecule has 0 saturated carbocycles. The molecule has 0 aliphatic carbocycles. The molecule has 0 saturated heterocycles. The van der Waals surface area contributed by atoms with E-state index in [1.807, 2.05) is 13.8 Å². The molecule has 5 nitrogen and oxygen atoms in total. The average molecular weight is 334 g/mol. The van der Waals surface area contributed by atoms with E-state index >= 15 is 0 Å². The molecule has 0 spiro atoms. The summed E-state index contributed by atoms with van der Waals surface area (Å²) in [6.45, 7) is 5.73. The van der Waals surface area contributed by atoms with Crippen LogP contribution in [0.5, 0.6) is 11.5 Å². The van der Waals surface area contributed by atoms with Crippen LogP contribution in [0.25, 0.3) is 0 Å². The van der Waals surface area contributed by atoms with E-state index in [1.54, 1.807) is 24.3 Å². The summed E-state index contributed by atoms with van der Waals surface area (Å²) in [5, 5.41) is 20.2. The second-order valence-electron chi connectivity index (χ2n) is 5.76. The summed E-state index contributed by atoms with van der Waals surface area (Å²) in [7, 11) is 0. The lowest BCUT2D eigenvalue weighted by atomic mass is 9.96. The maximum atomic E-state index is 10.1. The van der Waals surface area contributed by atoms with E-state index < -0.39 is 0 Å². The van der Waals surface area contributed by atoms with Crippen molar-refractivity contribution in [3.05, 3.63) is 47.4 Å². The minimum atomic E-state index is -0.0425. The highest BCUT2D eigenvalue weighted by Gasteiger charge is 2.18. The number of phenols is 1. The van der Waals surface area contributed by atoms with E-state index in [2.05, 4.69) is 0 Å². The van der Waals surface area contributed by atoms with Gasteiger partial charge in [0.05, 0.1) is 25.2 Å². The Morgan fingerprint density at radius 1 is 1.42 bits per heavy atom. The molecule has 1 aromatic rings. The quantitative estimate of drug-likeness (QED) is 0.561. The monoisotopic (exact) mass is 334 g/mol. The van der Waals surface area contributed by atoms with Crippen molar-refractivity contribution in [3.63, 3.8) is 0 Å². The number of hydrogen-bond acceptors (Lipinski definition) is 5. The first-order valence-corrected chi connectivity index (χ1v) is 8.36. The Morgan fingerprint density at radius 3 is 3.04 bits per heavy atom. The Balaban J connectivity index is 1.95. The molecule has 0 bridgehead atoms. The van der Waals surface area contributed by atoms with E-state index in [4.69, 9.17) is 14.2 Å². The number of phenolic OH excluding ortho intramolecular Hbond substituents is 1. The first-order valence-electron chi connectivity index (χ1n) is 8.36. The summed E-state index contributed by atoms with van der Waals surface area (Å²) < 4.78 is 16.3. The third-order valence-electron chi connectivity index (χ3n) is 3.78. The minimum absolute atomic E-state index is 0.0425. The van der Waals surface area contributed by atoms with Crippen LogP contribution >= 0.6 is 0 Å². The van der Waals surface area contributed by atoms with E-state index in [9.17, 15) is 10.2 Å². The summed E-state index contributed by atoms with van der Waals surface area (Å²) >= 11 is 0. The molecule has 1 aromatic carbocycles. The van der Waals surface area contributed by atoms with Crippen LogP contribution in [0.4, 0.5) is 0 Å². The standard InChI is InChI=1S/C19H26O5/c1-3-22-13-14(2)23-10-4-6-15(20)12-17-16-7-5-11-24-19(16)9-8-18(17)21/h4,6,8-10,14,20-21H,3,5,7,11-13H2,1-2H3/b10-4+,15-6+. The molecule has 24 heavy (non-hydrogen) atoms. The van der Waals surface area contributed by atoms with Gasteiger partial charge in [-0.2, -0.15) is 0 Å². The van der Waals surface area contributed by atoms with Crippen LogP contribution in [0.3, 0.4) is 0 Å². The number of aromatic hydroxyl groups is 1. The van der Waals surface area contributed by atoms with Crippen LogP contribution in [0.1, 0.15) is 31.4 Å². The second-order valence-corrected chi connectivity index (χ2v) is 5.76. The Hall–Kier alpha value is -2.14. The molecular weight excluding hydrogens is 308 g/mol. The van der Waals surface area contributed by atoms with Gasteiger partial charge in [0.2, 0.25) is 0 Å². The smallest absolute Gasteiger partial charge is 0.123 e. The Bertz CT molecular complexity index is 592. The lowest BCUT2D eigenvalue weighted by Gasteiger charge is -2.21. The zero-order valence-electron chi connectivity index (χ0n) is 14.3. The molecule has 132 valence electrons. The Labute approximate surface area is 143 Å². The lowest BCUT2D eigenvalue weighted by Crippen LogP contribution is -2.12. The summed E-state index contributed by atoms with van der Waals surface area (Å²) in [5.74, 6) is 1.14. The summed E-state index contributed by atoms with van der Waals surface area (Å²) in [5.41, 5.74) is 1.70. The van der Waals surface area contributed by atoms with Crippen LogP contribution in [0.2, 0.25) is 0 Å². The molecule has 0 fully saturated rings. The average Bonchev–Trinajstić information content (AvgIpc) is 2.59. The molecule has 2 N–H and O–H groups in total. The molecule has 0 radical (unpaired) electrons. The van der Waals surface area contributed by atoms with Crippen molar-refractivity contribution in [1.82, 2.24) is 0 Å². The third kappa shape index (κ3) is 5.20. The Kier molecular flexibility index (Phi) is 7.00. The number of rotatable bonds is 8. The number of ether oxygens (including phenoxy) is 3. The Morgan fingerprint density at radius 2 is 2.25 bits per heavy atom. The van der Waals surface area contributed by atoms with Crippen molar-refractivity contribution < 1.29 is 24.4 Å². The van der Waals surface area contributed by atoms with Crippen molar-refractivity contribution in [2.75, 3.05) is 19.8 Å². The van der Waals surface area contributed by atoms with Crippen LogP contribution in [-0.2, 0) is 22.3 Å². The van der Waals surface area contributed by atoms with Gasteiger partial charge >= 0.3 is 0 Å². The number of fused-ring (bicyclic) bond motifs is 1. The SMILES string of the molecule is CCOCC(C)O/C=C/C=C(/O)Cc1c(O)ccc2c1CCCO2. The minimum Gasteiger partial charge on any atom is -0.512 e. The van der Waals surface area contributed by atoms with Gasteiger partial charge in [-0.1, -0.05) is 0 Å². The number of aliphatic hydroxyl groups is 1. The van der Waals surface area contributed by atoms with E-state index in [-0.39, 0.29) is 24.0 Å². The van der Waals surface area contributed by atoms with Gasteiger partial charge in [0.15, 0.2) is 0 Å². The van der Waals surface area contributed by atoms with Gasteiger partial charge < -0.3 is 24.4 Å². The fourth-order valence-electron chi connectivity index (χ4n) is 2.59. The summed E-state index contributed by atoms with van der Waals surface area (Å²) in [4.78, 5) is 0. The maximum Gasteiger partial charge on any atom is 0.123 e. The predicted molar refractivity (Wildman–Crippen MR) is 92.5 cm³/mol. The molecule has 1 atom stereocenters. The van der Waals surface area contributed by atoms with E-state index in [0.717, 1.165) is 29.7 Å². The number of benzene rings is 1. The van der Waals surface area contributed by atoms with Gasteiger partial charge in [0.1, 0.15) is 17.6 Å². The third-order valence-corrected chi connectivity index (χ3v) is 3.78. The zero-order valence-corrected chi connectivity index (χ0v) is 14.3. The highest BCUT2D eigenvalue weighted by atomic mass is 16.5. The molecule has 2 rings (SSSR count). The van der Waals surface area contributed by atoms with Crippen LogP contribution in [0.15, 0.2) is 36.3 Å². The highest BCUT2D eigenvalue weighted by Crippen LogP contribution is 2.34. The van der Waals surface area contributed by atoms with Gasteiger partial charge in [-0.3, -0.25) is 0 Å². The maximum absolute atomic E-state index is 10.1. The molecular formula is C19H26O5. The van der Waals surface area contributed by atoms with Crippen LogP contribution in [0, 0.1) is 0 Å². The molecule has 1 heterocycles. The van der Waals surface area contributed by atoms with Crippen molar-refractivity contribution in [2.45, 2.75) is 39.2 Å². The number of allylic oxidation sites excluding steroid dienone is 3. The second kappa shape index (κ2) is 9.23. The van der Waals surface area contributed by atoms with Crippen molar-refractivity contribution in [2.24, 2.45) is 0 Å². The molecule has 1 unspecified atom stereocenters. The molecule has 5 heteroatoms. The van der Waals surface area contributed by atoms with Crippen molar-refractivity contribution in [3.8, 4) is 11.5 Å². The van der Waals surface area contributed by atoms with Gasteiger partial charge in [0, 0.05) is 24.2 Å². The van der Waals surface area contributed by atoms with Gasteiger partial charge in [-0.05, 0) is 51.0 Å². The molecule has 1 aliphatic heterocycles. The van der Waals surface area contributed by atoms with Crippen molar-refractivity contribution >= 4 is 0 Å². The number of aliphatic hydroxyl groups excluding tert-OH is 1. The van der Waals surface area contributed by atoms with Gasteiger partial charge in [-0.15, -0.1) is 0 Å².